The highest BCUT2D eigenvalue weighted by atomic mass is 32.1. The van der Waals surface area contributed by atoms with Gasteiger partial charge in [-0.25, -0.2) is 4.39 Å². The highest BCUT2D eigenvalue weighted by molar-refractivity contribution is 7.15. The van der Waals surface area contributed by atoms with Gasteiger partial charge in [-0.3, -0.25) is 4.79 Å². The summed E-state index contributed by atoms with van der Waals surface area (Å²) in [7, 11) is 0. The molecule has 0 spiro atoms. The van der Waals surface area contributed by atoms with Gasteiger partial charge in [-0.15, -0.1) is 10.2 Å². The predicted molar refractivity (Wildman–Crippen MR) is 97.4 cm³/mol. The first-order valence-electron chi connectivity index (χ1n) is 8.63. The fraction of sp³-hybridized carbons (Fsp3) is 0.500. The van der Waals surface area contributed by atoms with Crippen LogP contribution in [0.2, 0.25) is 0 Å². The lowest BCUT2D eigenvalue weighted by molar-refractivity contribution is -0.134. The third kappa shape index (κ3) is 4.54. The smallest absolute Gasteiger partial charge is 0.225 e. The van der Waals surface area contributed by atoms with Crippen LogP contribution in [0.15, 0.2) is 24.3 Å². The van der Waals surface area contributed by atoms with E-state index >= 15 is 0 Å². The van der Waals surface area contributed by atoms with Crippen LogP contribution < -0.4 is 4.90 Å². The van der Waals surface area contributed by atoms with Crippen LogP contribution in [0.25, 0.3) is 0 Å². The average Bonchev–Trinajstić information content (AvgIpc) is 2.91. The van der Waals surface area contributed by atoms with Gasteiger partial charge in [0.15, 0.2) is 0 Å². The number of carbonyl (C=O) groups excluding carboxylic acids is 1. The first kappa shape index (κ1) is 17.8. The number of benzene rings is 1. The highest BCUT2D eigenvalue weighted by Gasteiger charge is 2.22. The summed E-state index contributed by atoms with van der Waals surface area (Å²) >= 11 is 1.57. The van der Waals surface area contributed by atoms with Crippen LogP contribution in [-0.4, -0.2) is 47.2 Å². The lowest BCUT2D eigenvalue weighted by atomic mass is 10.2. The zero-order valence-corrected chi connectivity index (χ0v) is 15.4. The van der Waals surface area contributed by atoms with Crippen LogP contribution >= 0.6 is 11.3 Å². The molecular formula is C18H23FN4OS. The predicted octanol–water partition coefficient (Wildman–Crippen LogP) is 2.96. The summed E-state index contributed by atoms with van der Waals surface area (Å²) in [5, 5.41) is 10.4. The van der Waals surface area contributed by atoms with E-state index in [1.54, 1.807) is 23.5 Å². The summed E-state index contributed by atoms with van der Waals surface area (Å²) in [6, 6.07) is 6.48. The van der Waals surface area contributed by atoms with E-state index in [0.717, 1.165) is 48.3 Å². The van der Waals surface area contributed by atoms with Gasteiger partial charge in [0.2, 0.25) is 11.0 Å². The molecule has 3 rings (SSSR count). The van der Waals surface area contributed by atoms with Crippen LogP contribution in [0, 0.1) is 11.7 Å². The monoisotopic (exact) mass is 362 g/mol. The van der Waals surface area contributed by atoms with Gasteiger partial charge in [-0.1, -0.05) is 37.3 Å². The summed E-state index contributed by atoms with van der Waals surface area (Å²) in [4.78, 5) is 16.3. The third-order valence-corrected chi connectivity index (χ3v) is 5.28. The van der Waals surface area contributed by atoms with E-state index in [2.05, 4.69) is 15.1 Å². The number of hydrogen-bond donors (Lipinski definition) is 0. The Morgan fingerprint density at radius 1 is 1.16 bits per heavy atom. The van der Waals surface area contributed by atoms with Crippen molar-refractivity contribution in [2.24, 2.45) is 5.92 Å². The van der Waals surface area contributed by atoms with Crippen molar-refractivity contribution >= 4 is 22.4 Å². The normalized spacial score (nSPS) is 15.5. The molecule has 1 amide bonds. The maximum atomic E-state index is 13.0. The number of halogens is 1. The highest BCUT2D eigenvalue weighted by Crippen LogP contribution is 2.24. The molecule has 1 aromatic carbocycles. The van der Waals surface area contributed by atoms with Crippen molar-refractivity contribution in [3.05, 3.63) is 40.7 Å². The molecule has 7 heteroatoms. The number of aromatic nitrogens is 2. The van der Waals surface area contributed by atoms with Crippen molar-refractivity contribution < 1.29 is 9.18 Å². The standard InChI is InChI=1S/C18H23FN4OS/c1-13(2)17(24)22-8-3-9-23(11-10-22)18-21-20-16(25-18)12-14-4-6-15(19)7-5-14/h4-7,13H,3,8-12H2,1-2H3. The molecule has 0 radical (unpaired) electrons. The Morgan fingerprint density at radius 3 is 2.64 bits per heavy atom. The van der Waals surface area contributed by atoms with Gasteiger partial charge in [0.05, 0.1) is 0 Å². The molecule has 0 N–H and O–H groups in total. The number of rotatable bonds is 4. The minimum atomic E-state index is -0.230. The van der Waals surface area contributed by atoms with Gasteiger partial charge < -0.3 is 9.80 Å². The van der Waals surface area contributed by atoms with E-state index in [1.165, 1.54) is 12.1 Å². The molecule has 1 saturated heterocycles. The van der Waals surface area contributed by atoms with E-state index in [-0.39, 0.29) is 17.6 Å². The van der Waals surface area contributed by atoms with Gasteiger partial charge in [-0.2, -0.15) is 0 Å². The SMILES string of the molecule is CC(C)C(=O)N1CCCN(c2nnc(Cc3ccc(F)cc3)s2)CC1. The second-order valence-electron chi connectivity index (χ2n) is 6.60. The van der Waals surface area contributed by atoms with Crippen LogP contribution in [0.1, 0.15) is 30.8 Å². The third-order valence-electron chi connectivity index (χ3n) is 4.30. The van der Waals surface area contributed by atoms with E-state index in [0.29, 0.717) is 6.42 Å². The van der Waals surface area contributed by atoms with E-state index in [9.17, 15) is 9.18 Å². The first-order valence-corrected chi connectivity index (χ1v) is 9.45. The zero-order valence-electron chi connectivity index (χ0n) is 14.6. The summed E-state index contributed by atoms with van der Waals surface area (Å²) in [5.74, 6) is 0.0262. The van der Waals surface area contributed by atoms with Crippen molar-refractivity contribution in [2.75, 3.05) is 31.1 Å². The maximum Gasteiger partial charge on any atom is 0.225 e. The van der Waals surface area contributed by atoms with Gasteiger partial charge in [0.1, 0.15) is 10.8 Å². The van der Waals surface area contributed by atoms with Crippen molar-refractivity contribution in [1.82, 2.24) is 15.1 Å². The fourth-order valence-electron chi connectivity index (χ4n) is 2.92. The molecular weight excluding hydrogens is 339 g/mol. The van der Waals surface area contributed by atoms with Crippen molar-refractivity contribution in [3.63, 3.8) is 0 Å². The number of nitrogens with zero attached hydrogens (tertiary/aromatic N) is 4. The van der Waals surface area contributed by atoms with Gasteiger partial charge in [0.25, 0.3) is 0 Å². The summed E-state index contributed by atoms with van der Waals surface area (Å²) in [6.45, 7) is 7.07. The van der Waals surface area contributed by atoms with Crippen LogP contribution in [0.3, 0.4) is 0 Å². The first-order chi connectivity index (χ1) is 12.0. The maximum absolute atomic E-state index is 13.0. The van der Waals surface area contributed by atoms with Crippen molar-refractivity contribution in [3.8, 4) is 0 Å². The number of amides is 1. The minimum absolute atomic E-state index is 0.0374. The molecule has 1 aliphatic rings. The summed E-state index contributed by atoms with van der Waals surface area (Å²) < 4.78 is 13.0. The van der Waals surface area contributed by atoms with Crippen molar-refractivity contribution in [2.45, 2.75) is 26.7 Å². The lowest BCUT2D eigenvalue weighted by Crippen LogP contribution is -2.37. The molecule has 1 aromatic heterocycles. The quantitative estimate of drug-likeness (QED) is 0.839. The van der Waals surface area contributed by atoms with Crippen molar-refractivity contribution in [1.29, 1.82) is 0 Å². The molecule has 1 fully saturated rings. The van der Waals surface area contributed by atoms with Crippen LogP contribution in [0.5, 0.6) is 0 Å². The van der Waals surface area contributed by atoms with Crippen LogP contribution in [0.4, 0.5) is 9.52 Å². The van der Waals surface area contributed by atoms with E-state index in [4.69, 9.17) is 0 Å². The second-order valence-corrected chi connectivity index (χ2v) is 7.64. The second kappa shape index (κ2) is 7.91. The Balaban J connectivity index is 1.62. The minimum Gasteiger partial charge on any atom is -0.345 e. The number of carbonyl (C=O) groups is 1. The Labute approximate surface area is 151 Å². The van der Waals surface area contributed by atoms with Gasteiger partial charge >= 0.3 is 0 Å². The number of anilines is 1. The Kier molecular flexibility index (Phi) is 5.63. The largest absolute Gasteiger partial charge is 0.345 e. The molecule has 2 aromatic rings. The van der Waals surface area contributed by atoms with Crippen LogP contribution in [-0.2, 0) is 11.2 Å². The van der Waals surface area contributed by atoms with Gasteiger partial charge in [-0.05, 0) is 24.1 Å². The van der Waals surface area contributed by atoms with Gasteiger partial charge in [0, 0.05) is 38.5 Å². The molecule has 0 bridgehead atoms. The van der Waals surface area contributed by atoms with E-state index < -0.39 is 0 Å². The Bertz CT molecular complexity index is 716. The Hall–Kier alpha value is -2.02. The van der Waals surface area contributed by atoms with E-state index in [1.807, 2.05) is 18.7 Å². The Morgan fingerprint density at radius 2 is 1.92 bits per heavy atom. The molecule has 5 nitrogen and oxygen atoms in total. The summed E-state index contributed by atoms with van der Waals surface area (Å²) in [5.41, 5.74) is 1.02. The molecule has 0 atom stereocenters. The zero-order chi connectivity index (χ0) is 17.8. The molecule has 0 aliphatic carbocycles. The average molecular weight is 362 g/mol. The molecule has 2 heterocycles. The molecule has 0 unspecified atom stereocenters. The topological polar surface area (TPSA) is 49.3 Å². The fourth-order valence-corrected chi connectivity index (χ4v) is 3.84. The lowest BCUT2D eigenvalue weighted by Gasteiger charge is -2.23. The molecule has 1 aliphatic heterocycles. The molecule has 25 heavy (non-hydrogen) atoms. The molecule has 0 saturated carbocycles. The summed E-state index contributed by atoms with van der Waals surface area (Å²) in [6.07, 6.45) is 1.59. The molecule has 134 valence electrons. The number of hydrogen-bond acceptors (Lipinski definition) is 5.